The van der Waals surface area contributed by atoms with Crippen LogP contribution in [0.15, 0.2) is 18.2 Å². The van der Waals surface area contributed by atoms with Crippen LogP contribution in [0.2, 0.25) is 5.02 Å². The zero-order valence-electron chi connectivity index (χ0n) is 11.2. The molecule has 0 saturated carbocycles. The van der Waals surface area contributed by atoms with Gasteiger partial charge in [-0.15, -0.1) is 0 Å². The second-order valence-corrected chi connectivity index (χ2v) is 4.95. The molecule has 0 spiro atoms. The first-order chi connectivity index (χ1) is 8.69. The van der Waals surface area contributed by atoms with Crippen molar-refractivity contribution in [3.05, 3.63) is 28.8 Å². The van der Waals surface area contributed by atoms with E-state index < -0.39 is 0 Å². The number of aliphatic hydroxyl groups is 1. The molecule has 0 bridgehead atoms. The summed E-state index contributed by atoms with van der Waals surface area (Å²) in [7, 11) is 4.03. The van der Waals surface area contributed by atoms with Gasteiger partial charge >= 0.3 is 0 Å². The highest BCUT2D eigenvalue weighted by Gasteiger charge is 2.07. The summed E-state index contributed by atoms with van der Waals surface area (Å²) in [4.78, 5) is 2.23. The van der Waals surface area contributed by atoms with E-state index in [4.69, 9.17) is 16.7 Å². The van der Waals surface area contributed by atoms with E-state index in [1.807, 2.05) is 19.2 Å². The summed E-state index contributed by atoms with van der Waals surface area (Å²) in [5.41, 5.74) is 2.44. The first kappa shape index (κ1) is 15.3. The summed E-state index contributed by atoms with van der Waals surface area (Å²) in [6.07, 6.45) is 3.03. The molecule has 4 heteroatoms. The maximum atomic E-state index is 8.76. The number of benzene rings is 1. The molecule has 1 aromatic carbocycles. The lowest BCUT2D eigenvalue weighted by atomic mass is 10.1. The van der Waals surface area contributed by atoms with Gasteiger partial charge in [-0.25, -0.2) is 0 Å². The molecule has 0 aliphatic carbocycles. The van der Waals surface area contributed by atoms with Gasteiger partial charge in [0.2, 0.25) is 0 Å². The molecular weight excluding hydrogens is 248 g/mol. The summed E-state index contributed by atoms with van der Waals surface area (Å²) >= 11 is 6.06. The van der Waals surface area contributed by atoms with Crippen molar-refractivity contribution >= 4 is 17.3 Å². The van der Waals surface area contributed by atoms with Gasteiger partial charge in [0.05, 0.1) is 0 Å². The molecule has 0 heterocycles. The van der Waals surface area contributed by atoms with Gasteiger partial charge in [-0.2, -0.15) is 0 Å². The number of rotatable bonds is 8. The van der Waals surface area contributed by atoms with E-state index in [1.165, 1.54) is 11.3 Å². The number of unbranched alkanes of at least 4 members (excludes halogenated alkanes) is 2. The number of halogens is 1. The van der Waals surface area contributed by atoms with Crippen molar-refractivity contribution in [2.45, 2.75) is 25.8 Å². The van der Waals surface area contributed by atoms with Gasteiger partial charge in [0.25, 0.3) is 0 Å². The van der Waals surface area contributed by atoms with E-state index in [2.05, 4.69) is 23.3 Å². The standard InChI is InChI=1S/C14H23ClN2O/c1-16-11-12-6-7-13(15)10-14(12)17(2)8-4-3-5-9-18/h6-7,10,16,18H,3-5,8-9,11H2,1-2H3. The maximum absolute atomic E-state index is 8.76. The fourth-order valence-electron chi connectivity index (χ4n) is 1.99. The third-order valence-electron chi connectivity index (χ3n) is 2.98. The van der Waals surface area contributed by atoms with Crippen LogP contribution in [0.5, 0.6) is 0 Å². The topological polar surface area (TPSA) is 35.5 Å². The van der Waals surface area contributed by atoms with E-state index in [0.29, 0.717) is 0 Å². The monoisotopic (exact) mass is 270 g/mol. The summed E-state index contributed by atoms with van der Waals surface area (Å²) < 4.78 is 0. The van der Waals surface area contributed by atoms with Crippen molar-refractivity contribution in [2.24, 2.45) is 0 Å². The summed E-state index contributed by atoms with van der Waals surface area (Å²) in [5.74, 6) is 0. The van der Waals surface area contributed by atoms with Crippen LogP contribution in [0, 0.1) is 0 Å². The van der Waals surface area contributed by atoms with Gasteiger partial charge in [0.15, 0.2) is 0 Å². The lowest BCUT2D eigenvalue weighted by molar-refractivity contribution is 0.283. The lowest BCUT2D eigenvalue weighted by Crippen LogP contribution is -2.21. The third kappa shape index (κ3) is 4.84. The molecule has 0 saturated heterocycles. The molecule has 0 aliphatic rings. The van der Waals surface area contributed by atoms with Crippen LogP contribution in [0.3, 0.4) is 0 Å². The second kappa shape index (κ2) is 8.35. The van der Waals surface area contributed by atoms with Crippen LogP contribution in [0.25, 0.3) is 0 Å². The molecule has 1 aromatic rings. The van der Waals surface area contributed by atoms with Crippen molar-refractivity contribution in [3.8, 4) is 0 Å². The molecule has 0 aromatic heterocycles. The zero-order valence-corrected chi connectivity index (χ0v) is 12.0. The van der Waals surface area contributed by atoms with Crippen molar-refractivity contribution in [1.29, 1.82) is 0 Å². The molecule has 3 nitrogen and oxygen atoms in total. The van der Waals surface area contributed by atoms with Crippen LogP contribution < -0.4 is 10.2 Å². The molecule has 0 amide bonds. The number of aliphatic hydroxyl groups excluding tert-OH is 1. The van der Waals surface area contributed by atoms with Crippen LogP contribution in [0.4, 0.5) is 5.69 Å². The zero-order chi connectivity index (χ0) is 13.4. The second-order valence-electron chi connectivity index (χ2n) is 4.51. The van der Waals surface area contributed by atoms with E-state index in [0.717, 1.165) is 37.4 Å². The number of nitrogens with one attached hydrogen (secondary N) is 1. The quantitative estimate of drug-likeness (QED) is 0.713. The summed E-state index contributed by atoms with van der Waals surface area (Å²) in [6, 6.07) is 6.01. The van der Waals surface area contributed by atoms with E-state index in [-0.39, 0.29) is 6.61 Å². The SMILES string of the molecule is CNCc1ccc(Cl)cc1N(C)CCCCCO. The molecule has 0 atom stereocenters. The van der Waals surface area contributed by atoms with Gasteiger partial charge in [0.1, 0.15) is 0 Å². The van der Waals surface area contributed by atoms with Gasteiger partial charge in [0, 0.05) is 37.5 Å². The Morgan fingerprint density at radius 3 is 2.72 bits per heavy atom. The van der Waals surface area contributed by atoms with E-state index in [1.54, 1.807) is 0 Å². The minimum absolute atomic E-state index is 0.284. The normalized spacial score (nSPS) is 10.7. The van der Waals surface area contributed by atoms with Crippen LogP contribution in [-0.4, -0.2) is 32.4 Å². The fourth-order valence-corrected chi connectivity index (χ4v) is 2.16. The fraction of sp³-hybridized carbons (Fsp3) is 0.571. The smallest absolute Gasteiger partial charge is 0.0431 e. The largest absolute Gasteiger partial charge is 0.396 e. The van der Waals surface area contributed by atoms with E-state index in [9.17, 15) is 0 Å². The third-order valence-corrected chi connectivity index (χ3v) is 3.21. The van der Waals surface area contributed by atoms with Gasteiger partial charge in [-0.05, 0) is 44.0 Å². The van der Waals surface area contributed by atoms with Crippen molar-refractivity contribution in [3.63, 3.8) is 0 Å². The molecule has 0 radical (unpaired) electrons. The van der Waals surface area contributed by atoms with Crippen LogP contribution in [-0.2, 0) is 6.54 Å². The van der Waals surface area contributed by atoms with Crippen LogP contribution in [0.1, 0.15) is 24.8 Å². The number of hydrogen-bond donors (Lipinski definition) is 2. The van der Waals surface area contributed by atoms with Gasteiger partial charge in [-0.1, -0.05) is 17.7 Å². The number of nitrogens with zero attached hydrogens (tertiary/aromatic N) is 1. The Bertz CT molecular complexity index is 358. The Labute approximate surface area is 115 Å². The molecule has 2 N–H and O–H groups in total. The summed E-state index contributed by atoms with van der Waals surface area (Å²) in [5, 5.41) is 12.7. The maximum Gasteiger partial charge on any atom is 0.0431 e. The highest BCUT2D eigenvalue weighted by molar-refractivity contribution is 6.30. The average molecular weight is 271 g/mol. The first-order valence-electron chi connectivity index (χ1n) is 6.44. The molecule has 0 unspecified atom stereocenters. The molecule has 0 aliphatic heterocycles. The van der Waals surface area contributed by atoms with Gasteiger partial charge < -0.3 is 15.3 Å². The van der Waals surface area contributed by atoms with Crippen molar-refractivity contribution < 1.29 is 5.11 Å². The van der Waals surface area contributed by atoms with Crippen molar-refractivity contribution in [1.82, 2.24) is 5.32 Å². The predicted octanol–water partition coefficient (Wildman–Crippen LogP) is 2.66. The highest BCUT2D eigenvalue weighted by atomic mass is 35.5. The minimum atomic E-state index is 0.284. The molecule has 18 heavy (non-hydrogen) atoms. The summed E-state index contributed by atoms with van der Waals surface area (Å²) in [6.45, 7) is 2.11. The first-order valence-corrected chi connectivity index (χ1v) is 6.82. The molecule has 0 fully saturated rings. The Hall–Kier alpha value is -0.770. The molecule has 1 rings (SSSR count). The molecular formula is C14H23ClN2O. The number of anilines is 1. The molecule has 102 valence electrons. The Balaban J connectivity index is 2.64. The highest BCUT2D eigenvalue weighted by Crippen LogP contribution is 2.24. The lowest BCUT2D eigenvalue weighted by Gasteiger charge is -2.23. The predicted molar refractivity (Wildman–Crippen MR) is 78.4 cm³/mol. The minimum Gasteiger partial charge on any atom is -0.396 e. The van der Waals surface area contributed by atoms with Gasteiger partial charge in [-0.3, -0.25) is 0 Å². The Morgan fingerprint density at radius 2 is 2.06 bits per heavy atom. The van der Waals surface area contributed by atoms with Crippen molar-refractivity contribution in [2.75, 3.05) is 32.1 Å². The van der Waals surface area contributed by atoms with E-state index >= 15 is 0 Å². The average Bonchev–Trinajstić information content (AvgIpc) is 2.37. The van der Waals surface area contributed by atoms with Crippen LogP contribution >= 0.6 is 11.6 Å². The Morgan fingerprint density at radius 1 is 1.28 bits per heavy atom. The number of hydrogen-bond acceptors (Lipinski definition) is 3. The Kier molecular flexibility index (Phi) is 7.09.